The molecule has 0 amide bonds. The molecule has 18 heavy (non-hydrogen) atoms. The first-order valence-corrected chi connectivity index (χ1v) is 4.99. The predicted molar refractivity (Wildman–Crippen MR) is 54.8 cm³/mol. The number of hydrogen-bond donors (Lipinski definition) is 1. The fourth-order valence-electron chi connectivity index (χ4n) is 1.60. The minimum absolute atomic E-state index is 0.119. The maximum absolute atomic E-state index is 12.7. The van der Waals surface area contributed by atoms with Gasteiger partial charge in [-0.3, -0.25) is 14.5 Å². The number of aryl methyl sites for hydroxylation is 1. The van der Waals surface area contributed by atoms with Crippen molar-refractivity contribution in [1.82, 2.24) is 14.8 Å². The number of alkyl halides is 3. The summed E-state index contributed by atoms with van der Waals surface area (Å²) in [5, 5.41) is 11.8. The second-order valence-electron chi connectivity index (χ2n) is 3.61. The molecule has 2 rings (SSSR count). The van der Waals surface area contributed by atoms with E-state index in [0.29, 0.717) is 0 Å². The quantitative estimate of drug-likeness (QED) is 0.914. The molecule has 0 saturated carbocycles. The number of fused-ring (bicyclic) bond motifs is 1. The molecule has 96 valence electrons. The Morgan fingerprint density at radius 2 is 2.17 bits per heavy atom. The first kappa shape index (κ1) is 12.3. The van der Waals surface area contributed by atoms with Crippen LogP contribution in [0.4, 0.5) is 13.2 Å². The third-order valence-corrected chi connectivity index (χ3v) is 2.36. The Morgan fingerprint density at radius 1 is 1.44 bits per heavy atom. The standard InChI is InChI=1S/C10H8F3N3O2/c11-10(12,13)9-6-5-14-3-1-7(6)16(15-9)4-2-8(17)18/h1,3,5H,2,4H2,(H,17,18). The van der Waals surface area contributed by atoms with Crippen LogP contribution in [0.2, 0.25) is 0 Å². The van der Waals surface area contributed by atoms with Crippen molar-refractivity contribution in [1.29, 1.82) is 0 Å². The van der Waals surface area contributed by atoms with Gasteiger partial charge in [-0.1, -0.05) is 0 Å². The summed E-state index contributed by atoms with van der Waals surface area (Å²) >= 11 is 0. The van der Waals surface area contributed by atoms with Crippen LogP contribution in [0.3, 0.4) is 0 Å². The summed E-state index contributed by atoms with van der Waals surface area (Å²) < 4.78 is 39.2. The Morgan fingerprint density at radius 3 is 2.78 bits per heavy atom. The fourth-order valence-corrected chi connectivity index (χ4v) is 1.60. The van der Waals surface area contributed by atoms with E-state index in [0.717, 1.165) is 10.9 Å². The van der Waals surface area contributed by atoms with Crippen LogP contribution < -0.4 is 0 Å². The van der Waals surface area contributed by atoms with E-state index >= 15 is 0 Å². The minimum atomic E-state index is -4.59. The first-order chi connectivity index (χ1) is 8.39. The number of pyridine rings is 1. The SMILES string of the molecule is O=C(O)CCn1nc(C(F)(F)F)c2cnccc21. The zero-order valence-corrected chi connectivity index (χ0v) is 8.98. The van der Waals surface area contributed by atoms with Crippen LogP contribution in [0, 0.1) is 0 Å². The molecule has 0 bridgehead atoms. The van der Waals surface area contributed by atoms with Crippen LogP contribution in [-0.2, 0) is 17.5 Å². The predicted octanol–water partition coefficient (Wildman–Crippen LogP) is 1.92. The van der Waals surface area contributed by atoms with Crippen molar-refractivity contribution in [3.63, 3.8) is 0 Å². The molecule has 8 heteroatoms. The Labute approximate surface area is 98.9 Å². The summed E-state index contributed by atoms with van der Waals surface area (Å²) in [5.74, 6) is -1.10. The number of nitrogens with zero attached hydrogens (tertiary/aromatic N) is 3. The van der Waals surface area contributed by atoms with Crippen LogP contribution in [-0.4, -0.2) is 25.8 Å². The van der Waals surface area contributed by atoms with Crippen LogP contribution in [0.5, 0.6) is 0 Å². The lowest BCUT2D eigenvalue weighted by Gasteiger charge is -2.01. The molecule has 2 aromatic rings. The number of carbonyl (C=O) groups is 1. The van der Waals surface area contributed by atoms with Crippen LogP contribution in [0.25, 0.3) is 10.9 Å². The van der Waals surface area contributed by atoms with Gasteiger partial charge >= 0.3 is 12.1 Å². The number of halogens is 3. The van der Waals surface area contributed by atoms with Crippen molar-refractivity contribution < 1.29 is 23.1 Å². The minimum Gasteiger partial charge on any atom is -0.481 e. The van der Waals surface area contributed by atoms with Gasteiger partial charge in [0, 0.05) is 12.4 Å². The smallest absolute Gasteiger partial charge is 0.435 e. The van der Waals surface area contributed by atoms with E-state index in [2.05, 4.69) is 10.1 Å². The molecule has 5 nitrogen and oxygen atoms in total. The largest absolute Gasteiger partial charge is 0.481 e. The molecule has 1 N–H and O–H groups in total. The normalized spacial score (nSPS) is 11.9. The molecule has 0 spiro atoms. The summed E-state index contributed by atoms with van der Waals surface area (Å²) in [6, 6.07) is 1.37. The summed E-state index contributed by atoms with van der Waals surface area (Å²) in [6.07, 6.45) is -2.48. The lowest BCUT2D eigenvalue weighted by Crippen LogP contribution is -2.10. The van der Waals surface area contributed by atoms with Crippen molar-refractivity contribution in [3.8, 4) is 0 Å². The van der Waals surface area contributed by atoms with Crippen molar-refractivity contribution in [2.75, 3.05) is 0 Å². The molecule has 2 heterocycles. The monoisotopic (exact) mass is 259 g/mol. The first-order valence-electron chi connectivity index (χ1n) is 4.99. The highest BCUT2D eigenvalue weighted by Gasteiger charge is 2.36. The Kier molecular flexibility index (Phi) is 2.93. The van der Waals surface area contributed by atoms with Crippen molar-refractivity contribution in [3.05, 3.63) is 24.2 Å². The second-order valence-corrected chi connectivity index (χ2v) is 3.61. The van der Waals surface area contributed by atoms with E-state index in [1.807, 2.05) is 0 Å². The van der Waals surface area contributed by atoms with E-state index < -0.39 is 17.8 Å². The molecular weight excluding hydrogens is 251 g/mol. The Bertz CT molecular complexity index is 592. The van der Waals surface area contributed by atoms with Gasteiger partial charge in [-0.25, -0.2) is 0 Å². The Hall–Kier alpha value is -2.12. The average Bonchev–Trinajstić information content (AvgIpc) is 2.65. The van der Waals surface area contributed by atoms with Crippen LogP contribution in [0.15, 0.2) is 18.5 Å². The third-order valence-electron chi connectivity index (χ3n) is 2.36. The zero-order valence-electron chi connectivity index (χ0n) is 8.98. The topological polar surface area (TPSA) is 68.0 Å². The summed E-state index contributed by atoms with van der Waals surface area (Å²) in [7, 11) is 0. The van der Waals surface area contributed by atoms with Gasteiger partial charge in [0.1, 0.15) is 0 Å². The van der Waals surface area contributed by atoms with Crippen molar-refractivity contribution >= 4 is 16.9 Å². The molecular formula is C10H8F3N3O2. The van der Waals surface area contributed by atoms with Gasteiger partial charge in [0.2, 0.25) is 0 Å². The van der Waals surface area contributed by atoms with Gasteiger partial charge in [-0.05, 0) is 6.07 Å². The van der Waals surface area contributed by atoms with E-state index in [-0.39, 0.29) is 23.9 Å². The molecule has 0 aliphatic heterocycles. The summed E-state index contributed by atoms with van der Waals surface area (Å²) in [4.78, 5) is 14.1. The van der Waals surface area contributed by atoms with E-state index in [1.165, 1.54) is 12.3 Å². The Balaban J connectivity index is 2.51. The highest BCUT2D eigenvalue weighted by molar-refractivity contribution is 5.81. The number of aliphatic carboxylic acids is 1. The van der Waals surface area contributed by atoms with Crippen molar-refractivity contribution in [2.45, 2.75) is 19.1 Å². The lowest BCUT2D eigenvalue weighted by molar-refractivity contribution is -0.140. The van der Waals surface area contributed by atoms with Gasteiger partial charge in [0.05, 0.1) is 23.9 Å². The number of carboxylic acid groups (broad SMARTS) is 1. The zero-order chi connectivity index (χ0) is 13.3. The maximum atomic E-state index is 12.7. The van der Waals surface area contributed by atoms with E-state index in [1.54, 1.807) is 0 Å². The summed E-state index contributed by atoms with van der Waals surface area (Å²) in [6.45, 7) is -0.119. The molecule has 0 aliphatic carbocycles. The van der Waals surface area contributed by atoms with E-state index in [9.17, 15) is 18.0 Å². The molecule has 0 saturated heterocycles. The van der Waals surface area contributed by atoms with Gasteiger partial charge in [-0.15, -0.1) is 0 Å². The van der Waals surface area contributed by atoms with Gasteiger partial charge in [-0.2, -0.15) is 18.3 Å². The van der Waals surface area contributed by atoms with Crippen molar-refractivity contribution in [2.24, 2.45) is 0 Å². The van der Waals surface area contributed by atoms with E-state index in [4.69, 9.17) is 5.11 Å². The third kappa shape index (κ3) is 2.27. The number of aromatic nitrogens is 3. The summed E-state index contributed by atoms with van der Waals surface area (Å²) in [5.41, 5.74) is -0.824. The molecule has 0 fully saturated rings. The number of rotatable bonds is 3. The highest BCUT2D eigenvalue weighted by atomic mass is 19.4. The fraction of sp³-hybridized carbons (Fsp3) is 0.300. The van der Waals surface area contributed by atoms with Gasteiger partial charge in [0.25, 0.3) is 0 Å². The lowest BCUT2D eigenvalue weighted by atomic mass is 10.2. The average molecular weight is 259 g/mol. The van der Waals surface area contributed by atoms with Crippen LogP contribution in [0.1, 0.15) is 12.1 Å². The van der Waals surface area contributed by atoms with Crippen LogP contribution >= 0.6 is 0 Å². The molecule has 0 aliphatic rings. The molecule has 2 aromatic heterocycles. The number of hydrogen-bond acceptors (Lipinski definition) is 3. The molecule has 0 unspecified atom stereocenters. The second kappa shape index (κ2) is 4.28. The molecule has 0 radical (unpaired) electrons. The van der Waals surface area contributed by atoms with Gasteiger partial charge < -0.3 is 5.11 Å². The van der Waals surface area contributed by atoms with Gasteiger partial charge in [0.15, 0.2) is 5.69 Å². The highest BCUT2D eigenvalue weighted by Crippen LogP contribution is 2.33. The maximum Gasteiger partial charge on any atom is 0.435 e. The number of carboxylic acids is 1. The molecule has 0 aromatic carbocycles. The molecule has 0 atom stereocenters.